The van der Waals surface area contributed by atoms with Gasteiger partial charge in [0.1, 0.15) is 0 Å². The molecule has 0 unspecified atom stereocenters. The minimum Gasteiger partial charge on any atom is -0.469 e. The quantitative estimate of drug-likeness (QED) is 0.164. The number of nitrogens with one attached hydrogen (secondary N) is 2. The molecule has 0 saturated heterocycles. The second-order valence-electron chi connectivity index (χ2n) is 5.58. The molecule has 0 amide bonds. The van der Waals surface area contributed by atoms with Crippen molar-refractivity contribution >= 4 is 47.2 Å². The number of carbonyl (C=O) groups excluding carboxylic acids is 1. The SMILES string of the molecule is CCNC(=NCc1ccc(CC)s1)NCCCCCCC(=O)OC.I. The van der Waals surface area contributed by atoms with E-state index in [2.05, 4.69) is 46.3 Å². The normalized spacial score (nSPS) is 10.9. The molecule has 5 nitrogen and oxygen atoms in total. The van der Waals surface area contributed by atoms with Crippen LogP contribution in [0.15, 0.2) is 17.1 Å². The summed E-state index contributed by atoms with van der Waals surface area (Å²) in [6.07, 6.45) is 5.74. The maximum Gasteiger partial charge on any atom is 0.305 e. The second-order valence-corrected chi connectivity index (χ2v) is 6.84. The molecule has 0 aliphatic rings. The van der Waals surface area contributed by atoms with Crippen molar-refractivity contribution < 1.29 is 9.53 Å². The minimum atomic E-state index is -0.116. The Morgan fingerprint density at radius 1 is 1.12 bits per heavy atom. The monoisotopic (exact) mass is 481 g/mol. The predicted octanol–water partition coefficient (Wildman–Crippen LogP) is 4.11. The number of aliphatic imine (C=N–C) groups is 1. The summed E-state index contributed by atoms with van der Waals surface area (Å²) >= 11 is 1.83. The van der Waals surface area contributed by atoms with Crippen LogP contribution in [0.5, 0.6) is 0 Å². The van der Waals surface area contributed by atoms with Crippen LogP contribution < -0.4 is 10.6 Å². The molecule has 0 saturated carbocycles. The highest BCUT2D eigenvalue weighted by molar-refractivity contribution is 14.0. The molecule has 25 heavy (non-hydrogen) atoms. The van der Waals surface area contributed by atoms with Crippen molar-refractivity contribution in [1.82, 2.24) is 10.6 Å². The van der Waals surface area contributed by atoms with Gasteiger partial charge in [0.05, 0.1) is 13.7 Å². The Bertz CT molecular complexity index is 506. The van der Waals surface area contributed by atoms with Crippen molar-refractivity contribution in [2.45, 2.75) is 58.9 Å². The highest BCUT2D eigenvalue weighted by atomic mass is 127. The summed E-state index contributed by atoms with van der Waals surface area (Å²) in [5.74, 6) is 0.757. The Hall–Kier alpha value is -0.830. The van der Waals surface area contributed by atoms with Crippen LogP contribution in [0, 0.1) is 0 Å². The third-order valence-electron chi connectivity index (χ3n) is 3.63. The first kappa shape index (κ1) is 24.2. The lowest BCUT2D eigenvalue weighted by Crippen LogP contribution is -2.37. The van der Waals surface area contributed by atoms with Crippen LogP contribution in [0.3, 0.4) is 0 Å². The Morgan fingerprint density at radius 3 is 2.48 bits per heavy atom. The van der Waals surface area contributed by atoms with Gasteiger partial charge in [-0.25, -0.2) is 4.99 Å². The zero-order valence-electron chi connectivity index (χ0n) is 15.6. The first-order valence-corrected chi connectivity index (χ1v) is 9.67. The zero-order chi connectivity index (χ0) is 17.6. The number of halogens is 1. The van der Waals surface area contributed by atoms with Crippen LogP contribution in [0.25, 0.3) is 0 Å². The van der Waals surface area contributed by atoms with Crippen LogP contribution in [0.4, 0.5) is 0 Å². The molecular formula is C18H32IN3O2S. The molecule has 0 spiro atoms. The molecule has 1 heterocycles. The Balaban J connectivity index is 0.00000576. The van der Waals surface area contributed by atoms with Gasteiger partial charge in [0.15, 0.2) is 5.96 Å². The molecule has 1 aromatic heterocycles. The van der Waals surface area contributed by atoms with Crippen LogP contribution in [-0.4, -0.2) is 32.1 Å². The molecule has 2 N–H and O–H groups in total. The summed E-state index contributed by atoms with van der Waals surface area (Å²) in [4.78, 5) is 18.4. The van der Waals surface area contributed by atoms with Gasteiger partial charge >= 0.3 is 5.97 Å². The molecule has 0 fully saturated rings. The molecule has 0 bridgehead atoms. The molecule has 1 aromatic rings. The number of methoxy groups -OCH3 is 1. The largest absolute Gasteiger partial charge is 0.469 e. The van der Waals surface area contributed by atoms with Crippen LogP contribution in [-0.2, 0) is 22.5 Å². The highest BCUT2D eigenvalue weighted by Gasteiger charge is 2.01. The maximum absolute atomic E-state index is 11.0. The lowest BCUT2D eigenvalue weighted by molar-refractivity contribution is -0.140. The predicted molar refractivity (Wildman–Crippen MR) is 117 cm³/mol. The van der Waals surface area contributed by atoms with E-state index in [1.54, 1.807) is 0 Å². The number of ether oxygens (including phenoxy) is 1. The van der Waals surface area contributed by atoms with E-state index in [-0.39, 0.29) is 29.9 Å². The van der Waals surface area contributed by atoms with Crippen molar-refractivity contribution in [2.75, 3.05) is 20.2 Å². The van der Waals surface area contributed by atoms with E-state index < -0.39 is 0 Å². The van der Waals surface area contributed by atoms with Crippen molar-refractivity contribution in [2.24, 2.45) is 4.99 Å². The Morgan fingerprint density at radius 2 is 1.84 bits per heavy atom. The fourth-order valence-corrected chi connectivity index (χ4v) is 3.14. The van der Waals surface area contributed by atoms with Gasteiger partial charge in [-0.1, -0.05) is 19.8 Å². The number of carbonyl (C=O) groups is 1. The van der Waals surface area contributed by atoms with Crippen molar-refractivity contribution in [1.29, 1.82) is 0 Å². The van der Waals surface area contributed by atoms with Gasteiger partial charge in [-0.05, 0) is 38.3 Å². The standard InChI is InChI=1S/C18H31N3O2S.HI/c1-4-15-11-12-16(24-15)14-21-18(19-5-2)20-13-9-7-6-8-10-17(22)23-3;/h11-12H,4-10,13-14H2,1-3H3,(H2,19,20,21);1H. The summed E-state index contributed by atoms with van der Waals surface area (Å²) in [7, 11) is 1.44. The van der Waals surface area contributed by atoms with E-state index in [4.69, 9.17) is 0 Å². The number of nitrogens with zero attached hydrogens (tertiary/aromatic N) is 1. The number of unbranched alkanes of at least 4 members (excludes halogenated alkanes) is 3. The summed E-state index contributed by atoms with van der Waals surface area (Å²) < 4.78 is 4.63. The van der Waals surface area contributed by atoms with E-state index in [0.29, 0.717) is 6.42 Å². The zero-order valence-corrected chi connectivity index (χ0v) is 18.7. The van der Waals surface area contributed by atoms with Gasteiger partial charge in [-0.3, -0.25) is 4.79 Å². The average molecular weight is 481 g/mol. The molecule has 0 atom stereocenters. The highest BCUT2D eigenvalue weighted by Crippen LogP contribution is 2.17. The van der Waals surface area contributed by atoms with E-state index in [1.165, 1.54) is 16.9 Å². The summed E-state index contributed by atoms with van der Waals surface area (Å²) in [5, 5.41) is 6.66. The molecule has 0 aliphatic heterocycles. The van der Waals surface area contributed by atoms with Gasteiger partial charge < -0.3 is 15.4 Å². The molecule has 0 aliphatic carbocycles. The molecule has 0 aromatic carbocycles. The number of rotatable bonds is 11. The van der Waals surface area contributed by atoms with Gasteiger partial charge in [-0.2, -0.15) is 0 Å². The fraction of sp³-hybridized carbons (Fsp3) is 0.667. The van der Waals surface area contributed by atoms with Gasteiger partial charge in [0, 0.05) is 29.3 Å². The van der Waals surface area contributed by atoms with Crippen LogP contribution >= 0.6 is 35.3 Å². The topological polar surface area (TPSA) is 62.7 Å². The Kier molecular flexibility index (Phi) is 14.9. The van der Waals surface area contributed by atoms with E-state index in [1.807, 2.05) is 11.3 Å². The lowest BCUT2D eigenvalue weighted by Gasteiger charge is -2.10. The van der Waals surface area contributed by atoms with Crippen LogP contribution in [0.2, 0.25) is 0 Å². The van der Waals surface area contributed by atoms with Crippen molar-refractivity contribution in [3.05, 3.63) is 21.9 Å². The number of esters is 1. The van der Waals surface area contributed by atoms with Gasteiger partial charge in [0.25, 0.3) is 0 Å². The summed E-state index contributed by atoms with van der Waals surface area (Å²) in [6.45, 7) is 6.73. The van der Waals surface area contributed by atoms with Gasteiger partial charge in [-0.15, -0.1) is 35.3 Å². The molecule has 1 rings (SSSR count). The third-order valence-corrected chi connectivity index (χ3v) is 4.85. The fourth-order valence-electron chi connectivity index (χ4n) is 2.25. The number of thiophene rings is 1. The van der Waals surface area contributed by atoms with Crippen molar-refractivity contribution in [3.8, 4) is 0 Å². The number of aryl methyl sites for hydroxylation is 1. The number of hydrogen-bond acceptors (Lipinski definition) is 4. The van der Waals surface area contributed by atoms with Crippen LogP contribution in [0.1, 0.15) is 55.7 Å². The maximum atomic E-state index is 11.0. The summed E-state index contributed by atoms with van der Waals surface area (Å²) in [6, 6.07) is 4.35. The molecule has 0 radical (unpaired) electrons. The van der Waals surface area contributed by atoms with E-state index >= 15 is 0 Å². The number of hydrogen-bond donors (Lipinski definition) is 2. The Labute approximate surface area is 173 Å². The van der Waals surface area contributed by atoms with Gasteiger partial charge in [0.2, 0.25) is 0 Å². The third kappa shape index (κ3) is 11.4. The molecule has 7 heteroatoms. The first-order chi connectivity index (χ1) is 11.7. The molecule has 144 valence electrons. The van der Waals surface area contributed by atoms with E-state index in [9.17, 15) is 4.79 Å². The second kappa shape index (κ2) is 15.4. The smallest absolute Gasteiger partial charge is 0.305 e. The first-order valence-electron chi connectivity index (χ1n) is 8.86. The summed E-state index contributed by atoms with van der Waals surface area (Å²) in [5.41, 5.74) is 0. The average Bonchev–Trinajstić information content (AvgIpc) is 3.06. The molecular weight excluding hydrogens is 449 g/mol. The van der Waals surface area contributed by atoms with E-state index in [0.717, 1.165) is 57.7 Å². The number of guanidine groups is 1. The minimum absolute atomic E-state index is 0. The van der Waals surface area contributed by atoms with Crippen molar-refractivity contribution in [3.63, 3.8) is 0 Å². The lowest BCUT2D eigenvalue weighted by atomic mass is 10.1.